The summed E-state index contributed by atoms with van der Waals surface area (Å²) in [6.07, 6.45) is 0. The molecule has 0 aliphatic carbocycles. The first-order chi connectivity index (χ1) is 5.29. The van der Waals surface area contributed by atoms with Gasteiger partial charge in [-0.25, -0.2) is 4.79 Å². The van der Waals surface area contributed by atoms with E-state index in [1.54, 1.807) is 24.3 Å². The number of rotatable bonds is 3. The van der Waals surface area contributed by atoms with Crippen molar-refractivity contribution in [2.75, 3.05) is 6.61 Å². The van der Waals surface area contributed by atoms with Crippen LogP contribution < -0.4 is 10.9 Å². The first-order valence-electron chi connectivity index (χ1n) is 3.18. The van der Waals surface area contributed by atoms with Gasteiger partial charge in [0.1, 0.15) is 5.75 Å². The lowest BCUT2D eigenvalue weighted by Crippen LogP contribution is -2.09. The van der Waals surface area contributed by atoms with Gasteiger partial charge in [-0.1, -0.05) is 18.2 Å². The Hall–Kier alpha value is -1.55. The second-order valence-electron chi connectivity index (χ2n) is 2.00. The van der Waals surface area contributed by atoms with Crippen molar-refractivity contribution in [2.45, 2.75) is 0 Å². The first kappa shape index (κ1) is 10.4. The molecule has 0 radical (unpaired) electrons. The summed E-state index contributed by atoms with van der Waals surface area (Å²) >= 11 is 0. The number of hydrogen-bond acceptors (Lipinski definition) is 3. The summed E-state index contributed by atoms with van der Waals surface area (Å²) in [6, 6.07) is 8.84. The Morgan fingerprint density at radius 3 is 2.42 bits per heavy atom. The maximum atomic E-state index is 10.0. The quantitative estimate of drug-likeness (QED) is 0.714. The van der Waals surface area contributed by atoms with Crippen LogP contribution in [0.2, 0.25) is 0 Å². The highest BCUT2D eigenvalue weighted by Crippen LogP contribution is 2.07. The summed E-state index contributed by atoms with van der Waals surface area (Å²) in [5.41, 5.74) is 0. The lowest BCUT2D eigenvalue weighted by atomic mass is 10.3. The summed E-state index contributed by atoms with van der Waals surface area (Å²) in [5.74, 6) is -0.385. The standard InChI is InChI=1S/C8H8O3.H3N/c9-8(10)6-11-7-4-2-1-3-5-7;/h1-5H,6H2,(H,9,10);1H3. The molecule has 0 saturated heterocycles. The Bertz CT molecular complexity index is 235. The predicted octanol–water partition coefficient (Wildman–Crippen LogP) is 1.31. The molecular weight excluding hydrogens is 158 g/mol. The van der Waals surface area contributed by atoms with E-state index in [2.05, 4.69) is 0 Å². The zero-order valence-electron chi connectivity index (χ0n) is 6.56. The van der Waals surface area contributed by atoms with Gasteiger partial charge in [-0.15, -0.1) is 0 Å². The van der Waals surface area contributed by atoms with Gasteiger partial charge < -0.3 is 16.0 Å². The van der Waals surface area contributed by atoms with Gasteiger partial charge >= 0.3 is 5.97 Å². The van der Waals surface area contributed by atoms with Crippen LogP contribution in [0.3, 0.4) is 0 Å². The van der Waals surface area contributed by atoms with Crippen LogP contribution in [0.15, 0.2) is 30.3 Å². The normalized spacial score (nSPS) is 8.33. The monoisotopic (exact) mass is 169 g/mol. The molecule has 0 fully saturated rings. The van der Waals surface area contributed by atoms with Gasteiger partial charge in [0.2, 0.25) is 0 Å². The third-order valence-electron chi connectivity index (χ3n) is 1.11. The van der Waals surface area contributed by atoms with Crippen LogP contribution >= 0.6 is 0 Å². The summed E-state index contributed by atoms with van der Waals surface area (Å²) < 4.78 is 4.87. The number of carboxylic acid groups (broad SMARTS) is 1. The van der Waals surface area contributed by atoms with E-state index in [4.69, 9.17) is 9.84 Å². The molecule has 4 nitrogen and oxygen atoms in total. The Morgan fingerprint density at radius 2 is 1.92 bits per heavy atom. The Balaban J connectivity index is 0.00000121. The molecule has 0 aliphatic rings. The molecule has 0 aromatic heterocycles. The zero-order valence-corrected chi connectivity index (χ0v) is 6.56. The minimum absolute atomic E-state index is 0. The van der Waals surface area contributed by atoms with Crippen LogP contribution in [0.25, 0.3) is 0 Å². The fourth-order valence-electron chi connectivity index (χ4n) is 0.662. The summed E-state index contributed by atoms with van der Waals surface area (Å²) in [5, 5.41) is 8.25. The molecule has 0 saturated carbocycles. The zero-order chi connectivity index (χ0) is 8.10. The molecule has 4 heteroatoms. The highest BCUT2D eigenvalue weighted by molar-refractivity contribution is 5.68. The Labute approximate surface area is 70.4 Å². The number of carboxylic acids is 1. The minimum atomic E-state index is -0.964. The lowest BCUT2D eigenvalue weighted by Gasteiger charge is -2.00. The molecule has 66 valence electrons. The summed E-state index contributed by atoms with van der Waals surface area (Å²) in [4.78, 5) is 10.0. The predicted molar refractivity (Wildman–Crippen MR) is 44.6 cm³/mol. The molecule has 1 aromatic rings. The lowest BCUT2D eigenvalue weighted by molar-refractivity contribution is -0.139. The van der Waals surface area contributed by atoms with Crippen molar-refractivity contribution in [3.63, 3.8) is 0 Å². The van der Waals surface area contributed by atoms with Gasteiger partial charge in [-0.2, -0.15) is 0 Å². The Kier molecular flexibility index (Phi) is 4.48. The van der Waals surface area contributed by atoms with Crippen LogP contribution in [0.5, 0.6) is 5.75 Å². The van der Waals surface area contributed by atoms with E-state index in [0.717, 1.165) is 0 Å². The van der Waals surface area contributed by atoms with Gasteiger partial charge in [0.05, 0.1) is 0 Å². The van der Waals surface area contributed by atoms with E-state index in [0.29, 0.717) is 5.75 Å². The summed E-state index contributed by atoms with van der Waals surface area (Å²) in [7, 11) is 0. The van der Waals surface area contributed by atoms with Crippen LogP contribution in [-0.4, -0.2) is 17.7 Å². The van der Waals surface area contributed by atoms with Gasteiger partial charge in [0.15, 0.2) is 6.61 Å². The molecular formula is C8H11NO3. The molecule has 4 N–H and O–H groups in total. The maximum absolute atomic E-state index is 10.0. The van der Waals surface area contributed by atoms with Crippen molar-refractivity contribution in [1.82, 2.24) is 6.15 Å². The van der Waals surface area contributed by atoms with Gasteiger partial charge in [0, 0.05) is 0 Å². The SMILES string of the molecule is N.O=C(O)COc1ccccc1. The number of hydrogen-bond donors (Lipinski definition) is 2. The van der Waals surface area contributed by atoms with E-state index in [9.17, 15) is 4.79 Å². The number of benzene rings is 1. The third kappa shape index (κ3) is 3.58. The molecule has 0 unspecified atom stereocenters. The molecule has 0 bridgehead atoms. The highest BCUT2D eigenvalue weighted by atomic mass is 16.5. The van der Waals surface area contributed by atoms with Crippen LogP contribution in [0.1, 0.15) is 0 Å². The van der Waals surface area contributed by atoms with Crippen molar-refractivity contribution in [1.29, 1.82) is 0 Å². The smallest absolute Gasteiger partial charge is 0.341 e. The van der Waals surface area contributed by atoms with Gasteiger partial charge in [-0.05, 0) is 12.1 Å². The number of para-hydroxylation sites is 1. The van der Waals surface area contributed by atoms with Crippen LogP contribution in [0, 0.1) is 0 Å². The van der Waals surface area contributed by atoms with Crippen LogP contribution in [0.4, 0.5) is 0 Å². The van der Waals surface area contributed by atoms with E-state index >= 15 is 0 Å². The molecule has 1 rings (SSSR count). The van der Waals surface area contributed by atoms with Gasteiger partial charge in [0.25, 0.3) is 0 Å². The fraction of sp³-hybridized carbons (Fsp3) is 0.125. The highest BCUT2D eigenvalue weighted by Gasteiger charge is 1.96. The molecule has 0 amide bonds. The molecule has 0 heterocycles. The molecule has 1 aromatic carbocycles. The second-order valence-corrected chi connectivity index (χ2v) is 2.00. The molecule has 0 spiro atoms. The first-order valence-corrected chi connectivity index (χ1v) is 3.18. The van der Waals surface area contributed by atoms with E-state index in [1.165, 1.54) is 0 Å². The number of aliphatic carboxylic acids is 1. The van der Waals surface area contributed by atoms with Crippen molar-refractivity contribution < 1.29 is 14.6 Å². The van der Waals surface area contributed by atoms with Crippen molar-refractivity contribution in [3.05, 3.63) is 30.3 Å². The molecule has 0 atom stereocenters. The van der Waals surface area contributed by atoms with Crippen molar-refractivity contribution in [2.24, 2.45) is 0 Å². The number of ether oxygens (including phenoxy) is 1. The molecule has 0 aliphatic heterocycles. The van der Waals surface area contributed by atoms with Crippen molar-refractivity contribution >= 4 is 5.97 Å². The Morgan fingerprint density at radius 1 is 1.33 bits per heavy atom. The minimum Gasteiger partial charge on any atom is -0.482 e. The van der Waals surface area contributed by atoms with Crippen molar-refractivity contribution in [3.8, 4) is 5.75 Å². The molecule has 12 heavy (non-hydrogen) atoms. The second kappa shape index (κ2) is 5.15. The largest absolute Gasteiger partial charge is 0.482 e. The topological polar surface area (TPSA) is 81.5 Å². The summed E-state index contributed by atoms with van der Waals surface area (Å²) in [6.45, 7) is -0.288. The van der Waals surface area contributed by atoms with E-state index < -0.39 is 5.97 Å². The third-order valence-corrected chi connectivity index (χ3v) is 1.11. The fourth-order valence-corrected chi connectivity index (χ4v) is 0.662. The number of carbonyl (C=O) groups is 1. The average Bonchev–Trinajstić information content (AvgIpc) is 2.03. The average molecular weight is 169 g/mol. The van der Waals surface area contributed by atoms with E-state index in [-0.39, 0.29) is 12.8 Å². The maximum Gasteiger partial charge on any atom is 0.341 e. The van der Waals surface area contributed by atoms with Gasteiger partial charge in [-0.3, -0.25) is 0 Å². The van der Waals surface area contributed by atoms with Crippen LogP contribution in [-0.2, 0) is 4.79 Å². The van der Waals surface area contributed by atoms with E-state index in [1.807, 2.05) is 6.07 Å².